The van der Waals surface area contributed by atoms with Crippen molar-refractivity contribution in [2.45, 2.75) is 26.6 Å². The molecular weight excluding hydrogens is 485 g/mol. The molecule has 1 aliphatic heterocycles. The van der Waals surface area contributed by atoms with Crippen molar-refractivity contribution in [3.63, 3.8) is 0 Å². The molecule has 28 heavy (non-hydrogen) atoms. The van der Waals surface area contributed by atoms with Crippen molar-refractivity contribution in [1.82, 2.24) is 15.2 Å². The zero-order valence-electron chi connectivity index (χ0n) is 15.6. The summed E-state index contributed by atoms with van der Waals surface area (Å²) in [7, 11) is 1.95. The van der Waals surface area contributed by atoms with E-state index in [-0.39, 0.29) is 43.1 Å². The van der Waals surface area contributed by atoms with E-state index in [0.717, 1.165) is 5.56 Å². The Kier molecular flexibility index (Phi) is 8.15. The molecule has 0 atom stereocenters. The van der Waals surface area contributed by atoms with Gasteiger partial charge in [-0.3, -0.25) is 0 Å². The van der Waals surface area contributed by atoms with Crippen LogP contribution in [0.1, 0.15) is 18.1 Å². The third kappa shape index (κ3) is 5.88. The van der Waals surface area contributed by atoms with Gasteiger partial charge in [0.25, 0.3) is 0 Å². The van der Waals surface area contributed by atoms with E-state index in [1.807, 2.05) is 37.0 Å². The highest BCUT2D eigenvalue weighted by molar-refractivity contribution is 14.0. The third-order valence-corrected chi connectivity index (χ3v) is 3.88. The number of rotatable bonds is 7. The van der Waals surface area contributed by atoms with E-state index < -0.39 is 6.61 Å². The standard InChI is InChI=1S/C18H22F2N4O3.HI/c1-3-21-18(22-8-12-4-5-24(2)10-12)23-9-13-6-15-16(26-11-25-15)7-14(13)27-17(19)20;/h4-7,10,17H,3,8-9,11H2,1-2H3,(H2,21,22,23);1H. The van der Waals surface area contributed by atoms with E-state index in [9.17, 15) is 8.78 Å². The number of benzene rings is 1. The normalized spacial score (nSPS) is 12.7. The van der Waals surface area contributed by atoms with Crippen LogP contribution in [0, 0.1) is 0 Å². The first-order valence-electron chi connectivity index (χ1n) is 8.55. The molecule has 10 heteroatoms. The predicted molar refractivity (Wildman–Crippen MR) is 112 cm³/mol. The van der Waals surface area contributed by atoms with Crippen molar-refractivity contribution < 1.29 is 23.0 Å². The first-order chi connectivity index (χ1) is 13.0. The quantitative estimate of drug-likeness (QED) is 0.342. The van der Waals surface area contributed by atoms with Gasteiger partial charge in [-0.2, -0.15) is 8.78 Å². The van der Waals surface area contributed by atoms with E-state index in [1.54, 1.807) is 6.07 Å². The number of hydrogen-bond acceptors (Lipinski definition) is 4. The van der Waals surface area contributed by atoms with Gasteiger partial charge in [0.2, 0.25) is 6.79 Å². The van der Waals surface area contributed by atoms with Crippen LogP contribution in [0.15, 0.2) is 35.6 Å². The van der Waals surface area contributed by atoms with E-state index >= 15 is 0 Å². The van der Waals surface area contributed by atoms with Crippen LogP contribution in [0.2, 0.25) is 0 Å². The molecule has 0 bridgehead atoms. The molecule has 2 aromatic rings. The average molecular weight is 508 g/mol. The van der Waals surface area contributed by atoms with Gasteiger partial charge in [-0.05, 0) is 24.6 Å². The summed E-state index contributed by atoms with van der Waals surface area (Å²) >= 11 is 0. The Morgan fingerprint density at radius 2 is 2.04 bits per heavy atom. The number of nitrogens with one attached hydrogen (secondary N) is 2. The second-order valence-corrected chi connectivity index (χ2v) is 5.93. The molecule has 3 rings (SSSR count). The molecule has 0 saturated carbocycles. The minimum atomic E-state index is -2.93. The Labute approximate surface area is 179 Å². The van der Waals surface area contributed by atoms with Gasteiger partial charge in [0.05, 0.1) is 6.54 Å². The number of halogens is 3. The topological polar surface area (TPSA) is 69.0 Å². The first-order valence-corrected chi connectivity index (χ1v) is 8.55. The summed E-state index contributed by atoms with van der Waals surface area (Å²) in [6.07, 6.45) is 3.94. The lowest BCUT2D eigenvalue weighted by Crippen LogP contribution is -2.36. The van der Waals surface area contributed by atoms with Gasteiger partial charge in [0, 0.05) is 44.2 Å². The van der Waals surface area contributed by atoms with Crippen molar-refractivity contribution in [1.29, 1.82) is 0 Å². The number of guanidine groups is 1. The highest BCUT2D eigenvalue weighted by Crippen LogP contribution is 2.38. The minimum absolute atomic E-state index is 0. The average Bonchev–Trinajstić information content (AvgIpc) is 3.25. The largest absolute Gasteiger partial charge is 0.454 e. The molecule has 0 amide bonds. The lowest BCUT2D eigenvalue weighted by molar-refractivity contribution is -0.0505. The SMILES string of the molecule is CCNC(=NCc1ccn(C)c1)NCc1cc2c(cc1OC(F)F)OCO2.I. The second kappa shape index (κ2) is 10.3. The number of fused-ring (bicyclic) bond motifs is 1. The second-order valence-electron chi connectivity index (χ2n) is 5.93. The molecule has 0 spiro atoms. The summed E-state index contributed by atoms with van der Waals surface area (Å²) < 4.78 is 42.6. The van der Waals surface area contributed by atoms with Crippen molar-refractivity contribution in [2.24, 2.45) is 12.0 Å². The van der Waals surface area contributed by atoms with Crippen LogP contribution in [0.4, 0.5) is 8.78 Å². The Bertz CT molecular complexity index is 814. The number of aryl methyl sites for hydroxylation is 1. The minimum Gasteiger partial charge on any atom is -0.454 e. The third-order valence-electron chi connectivity index (χ3n) is 3.88. The monoisotopic (exact) mass is 508 g/mol. The molecule has 0 fully saturated rings. The number of alkyl halides is 2. The van der Waals surface area contributed by atoms with Crippen LogP contribution in [0.5, 0.6) is 17.2 Å². The fourth-order valence-corrected chi connectivity index (χ4v) is 2.65. The van der Waals surface area contributed by atoms with Crippen molar-refractivity contribution in [3.8, 4) is 17.2 Å². The summed E-state index contributed by atoms with van der Waals surface area (Å²) in [6.45, 7) is 0.482. The van der Waals surface area contributed by atoms with Crippen LogP contribution < -0.4 is 24.8 Å². The molecule has 1 aliphatic rings. The number of aliphatic imine (C=N–C) groups is 1. The first kappa shape index (κ1) is 22.1. The summed E-state index contributed by atoms with van der Waals surface area (Å²) in [6, 6.07) is 5.03. The van der Waals surface area contributed by atoms with Gasteiger partial charge in [0.1, 0.15) is 5.75 Å². The number of nitrogens with zero attached hydrogens (tertiary/aromatic N) is 2. The van der Waals surface area contributed by atoms with Crippen LogP contribution in [0.3, 0.4) is 0 Å². The Morgan fingerprint density at radius 3 is 2.68 bits per heavy atom. The zero-order chi connectivity index (χ0) is 19.2. The lowest BCUT2D eigenvalue weighted by Gasteiger charge is -2.15. The van der Waals surface area contributed by atoms with Crippen LogP contribution in [0.25, 0.3) is 0 Å². The van der Waals surface area contributed by atoms with E-state index in [1.165, 1.54) is 6.07 Å². The van der Waals surface area contributed by atoms with Gasteiger partial charge in [-0.1, -0.05) is 0 Å². The summed E-state index contributed by atoms with van der Waals surface area (Å²) in [5.74, 6) is 1.50. The van der Waals surface area contributed by atoms with Gasteiger partial charge in [-0.15, -0.1) is 24.0 Å². The smallest absolute Gasteiger partial charge is 0.387 e. The molecular formula is C18H23F2IN4O3. The molecule has 0 aliphatic carbocycles. The molecule has 2 heterocycles. The number of hydrogen-bond donors (Lipinski definition) is 2. The lowest BCUT2D eigenvalue weighted by atomic mass is 10.1. The molecule has 2 N–H and O–H groups in total. The summed E-state index contributed by atoms with van der Waals surface area (Å²) in [4.78, 5) is 4.51. The van der Waals surface area contributed by atoms with Crippen LogP contribution in [-0.4, -0.2) is 30.5 Å². The van der Waals surface area contributed by atoms with Crippen LogP contribution >= 0.6 is 24.0 Å². The molecule has 0 unspecified atom stereocenters. The Morgan fingerprint density at radius 1 is 1.29 bits per heavy atom. The Balaban J connectivity index is 0.00000280. The number of aromatic nitrogens is 1. The van der Waals surface area contributed by atoms with Crippen molar-refractivity contribution in [2.75, 3.05) is 13.3 Å². The van der Waals surface area contributed by atoms with Gasteiger partial charge >= 0.3 is 6.61 Å². The van der Waals surface area contributed by atoms with E-state index in [2.05, 4.69) is 20.4 Å². The fraction of sp³-hybridized carbons (Fsp3) is 0.389. The summed E-state index contributed by atoms with van der Waals surface area (Å²) in [5.41, 5.74) is 1.59. The van der Waals surface area contributed by atoms with Crippen LogP contribution in [-0.2, 0) is 20.1 Å². The molecule has 0 radical (unpaired) electrons. The van der Waals surface area contributed by atoms with Crippen molar-refractivity contribution >= 4 is 29.9 Å². The molecule has 7 nitrogen and oxygen atoms in total. The molecule has 1 aromatic heterocycles. The maximum absolute atomic E-state index is 12.7. The van der Waals surface area contributed by atoms with Gasteiger partial charge in [-0.25, -0.2) is 4.99 Å². The van der Waals surface area contributed by atoms with E-state index in [4.69, 9.17) is 9.47 Å². The Hall–Kier alpha value is -2.24. The van der Waals surface area contributed by atoms with Gasteiger partial charge < -0.3 is 29.4 Å². The van der Waals surface area contributed by atoms with E-state index in [0.29, 0.717) is 36.1 Å². The molecule has 154 valence electrons. The molecule has 1 aromatic carbocycles. The maximum Gasteiger partial charge on any atom is 0.387 e. The zero-order valence-corrected chi connectivity index (χ0v) is 17.9. The highest BCUT2D eigenvalue weighted by Gasteiger charge is 2.20. The highest BCUT2D eigenvalue weighted by atomic mass is 127. The molecule has 0 saturated heterocycles. The summed E-state index contributed by atoms with van der Waals surface area (Å²) in [5, 5.41) is 6.26. The van der Waals surface area contributed by atoms with Crippen molar-refractivity contribution in [3.05, 3.63) is 41.7 Å². The maximum atomic E-state index is 12.7. The van der Waals surface area contributed by atoms with Gasteiger partial charge in [0.15, 0.2) is 17.5 Å². The number of ether oxygens (including phenoxy) is 3. The predicted octanol–water partition coefficient (Wildman–Crippen LogP) is 3.23. The fourth-order valence-electron chi connectivity index (χ4n) is 2.65.